The SMILES string of the molecule is C=CCc1ccccc1/C=C/COC(=N)C(Cl)(Cl)Cl. The van der Waals surface area contributed by atoms with Crippen molar-refractivity contribution >= 4 is 46.8 Å². The molecule has 1 rings (SSSR count). The summed E-state index contributed by atoms with van der Waals surface area (Å²) in [4.78, 5) is 0. The fourth-order valence-corrected chi connectivity index (χ4v) is 1.59. The molecule has 1 aromatic carbocycles. The molecule has 1 N–H and O–H groups in total. The molecule has 0 amide bonds. The first-order valence-corrected chi connectivity index (χ1v) is 6.72. The highest BCUT2D eigenvalue weighted by Gasteiger charge is 2.28. The predicted octanol–water partition coefficient (Wildman–Crippen LogP) is 4.79. The first-order valence-electron chi connectivity index (χ1n) is 5.59. The summed E-state index contributed by atoms with van der Waals surface area (Å²) in [7, 11) is 0. The summed E-state index contributed by atoms with van der Waals surface area (Å²) < 4.78 is 3.20. The van der Waals surface area contributed by atoms with Crippen molar-refractivity contribution in [1.82, 2.24) is 0 Å². The average Bonchev–Trinajstić information content (AvgIpc) is 2.35. The molecular weight excluding hydrogens is 305 g/mol. The lowest BCUT2D eigenvalue weighted by Gasteiger charge is -2.11. The number of benzene rings is 1. The van der Waals surface area contributed by atoms with Gasteiger partial charge in [0.2, 0.25) is 5.90 Å². The van der Waals surface area contributed by atoms with E-state index < -0.39 is 3.79 Å². The number of halogens is 3. The number of rotatable bonds is 5. The van der Waals surface area contributed by atoms with Crippen LogP contribution in [0.25, 0.3) is 6.08 Å². The molecule has 0 fully saturated rings. The van der Waals surface area contributed by atoms with Crippen molar-refractivity contribution in [3.63, 3.8) is 0 Å². The van der Waals surface area contributed by atoms with Gasteiger partial charge in [0, 0.05) is 0 Å². The van der Waals surface area contributed by atoms with Crippen LogP contribution >= 0.6 is 34.8 Å². The highest BCUT2D eigenvalue weighted by Crippen LogP contribution is 2.27. The van der Waals surface area contributed by atoms with Crippen molar-refractivity contribution in [1.29, 1.82) is 5.41 Å². The van der Waals surface area contributed by atoms with E-state index in [2.05, 4.69) is 6.58 Å². The van der Waals surface area contributed by atoms with Crippen molar-refractivity contribution < 1.29 is 4.74 Å². The Hall–Kier alpha value is -0.960. The molecule has 1 aromatic rings. The van der Waals surface area contributed by atoms with Crippen molar-refractivity contribution in [3.8, 4) is 0 Å². The number of nitrogens with one attached hydrogen (secondary N) is 1. The standard InChI is InChI=1S/C14H14Cl3NO/c1-2-6-11-7-3-4-8-12(11)9-5-10-19-13(18)14(15,16)17/h2-5,7-9,18H,1,6,10H2/b9-5+,18-13?. The van der Waals surface area contributed by atoms with Gasteiger partial charge < -0.3 is 4.74 Å². The highest BCUT2D eigenvalue weighted by molar-refractivity contribution is 6.76. The van der Waals surface area contributed by atoms with Crippen LogP contribution in [0, 0.1) is 5.41 Å². The van der Waals surface area contributed by atoms with Crippen LogP contribution in [0.15, 0.2) is 43.0 Å². The predicted molar refractivity (Wildman–Crippen MR) is 83.3 cm³/mol. The maximum Gasteiger partial charge on any atom is 0.265 e. The van der Waals surface area contributed by atoms with Gasteiger partial charge in [0.25, 0.3) is 3.79 Å². The van der Waals surface area contributed by atoms with Gasteiger partial charge in [0.15, 0.2) is 0 Å². The van der Waals surface area contributed by atoms with Gasteiger partial charge in [-0.05, 0) is 23.6 Å². The van der Waals surface area contributed by atoms with E-state index in [9.17, 15) is 0 Å². The second kappa shape index (κ2) is 7.59. The molecule has 0 aliphatic heterocycles. The molecule has 0 heterocycles. The Morgan fingerprint density at radius 1 is 1.32 bits per heavy atom. The Morgan fingerprint density at radius 3 is 2.63 bits per heavy atom. The molecular formula is C14H14Cl3NO. The van der Waals surface area contributed by atoms with Gasteiger partial charge >= 0.3 is 0 Å². The quantitative estimate of drug-likeness (QED) is 0.360. The second-order valence-corrected chi connectivity index (χ2v) is 6.01. The van der Waals surface area contributed by atoms with Crippen molar-refractivity contribution in [2.45, 2.75) is 10.2 Å². The van der Waals surface area contributed by atoms with Crippen LogP contribution in [0.3, 0.4) is 0 Å². The molecule has 19 heavy (non-hydrogen) atoms. The smallest absolute Gasteiger partial charge is 0.265 e. The molecule has 102 valence electrons. The molecule has 0 unspecified atom stereocenters. The Kier molecular flexibility index (Phi) is 6.43. The summed E-state index contributed by atoms with van der Waals surface area (Å²) in [6.07, 6.45) is 6.32. The number of hydrogen-bond acceptors (Lipinski definition) is 2. The number of ether oxygens (including phenoxy) is 1. The molecule has 0 radical (unpaired) electrons. The molecule has 0 bridgehead atoms. The molecule has 2 nitrogen and oxygen atoms in total. The molecule has 0 aliphatic carbocycles. The van der Waals surface area contributed by atoms with Crippen LogP contribution in [0.2, 0.25) is 0 Å². The van der Waals surface area contributed by atoms with Gasteiger partial charge in [0.1, 0.15) is 6.61 Å². The highest BCUT2D eigenvalue weighted by atomic mass is 35.6. The fraction of sp³-hybridized carbons (Fsp3) is 0.214. The van der Waals surface area contributed by atoms with Crippen LogP contribution in [0.1, 0.15) is 11.1 Å². The Morgan fingerprint density at radius 2 is 2.00 bits per heavy atom. The number of hydrogen-bond donors (Lipinski definition) is 1. The lowest BCUT2D eigenvalue weighted by Crippen LogP contribution is -2.21. The van der Waals surface area contributed by atoms with E-state index in [1.165, 1.54) is 5.56 Å². The van der Waals surface area contributed by atoms with Crippen LogP contribution < -0.4 is 0 Å². The molecule has 0 spiro atoms. The first kappa shape index (κ1) is 16.1. The summed E-state index contributed by atoms with van der Waals surface area (Å²) in [5, 5.41) is 7.37. The normalized spacial score (nSPS) is 11.5. The van der Waals surface area contributed by atoms with E-state index in [0.29, 0.717) is 0 Å². The van der Waals surface area contributed by atoms with Crippen LogP contribution in [0.4, 0.5) is 0 Å². The van der Waals surface area contributed by atoms with Gasteiger partial charge in [-0.25, -0.2) is 0 Å². The monoisotopic (exact) mass is 317 g/mol. The lowest BCUT2D eigenvalue weighted by atomic mass is 10.0. The minimum Gasteiger partial charge on any atom is -0.474 e. The minimum absolute atomic E-state index is 0.176. The molecule has 5 heteroatoms. The summed E-state index contributed by atoms with van der Waals surface area (Å²) in [6, 6.07) is 7.96. The second-order valence-electron chi connectivity index (χ2n) is 3.73. The Bertz CT molecular complexity index is 478. The third-order valence-corrected chi connectivity index (χ3v) is 2.81. The lowest BCUT2D eigenvalue weighted by molar-refractivity contribution is 0.341. The van der Waals surface area contributed by atoms with Gasteiger partial charge in [-0.3, -0.25) is 5.41 Å². The van der Waals surface area contributed by atoms with Gasteiger partial charge in [-0.2, -0.15) is 0 Å². The zero-order valence-corrected chi connectivity index (χ0v) is 12.5. The van der Waals surface area contributed by atoms with Crippen molar-refractivity contribution in [2.75, 3.05) is 6.61 Å². The maximum atomic E-state index is 7.37. The first-order chi connectivity index (χ1) is 8.95. The van der Waals surface area contributed by atoms with Gasteiger partial charge in [-0.15, -0.1) is 6.58 Å². The van der Waals surface area contributed by atoms with E-state index in [1.54, 1.807) is 6.08 Å². The summed E-state index contributed by atoms with van der Waals surface area (Å²) >= 11 is 16.5. The van der Waals surface area contributed by atoms with Gasteiger partial charge in [-0.1, -0.05) is 71.2 Å². The largest absolute Gasteiger partial charge is 0.474 e. The third-order valence-electron chi connectivity index (χ3n) is 2.30. The zero-order valence-electron chi connectivity index (χ0n) is 10.2. The molecule has 0 saturated carbocycles. The van der Waals surface area contributed by atoms with E-state index in [0.717, 1.165) is 12.0 Å². The van der Waals surface area contributed by atoms with Crippen LogP contribution in [-0.2, 0) is 11.2 Å². The molecule has 0 aliphatic rings. The topological polar surface area (TPSA) is 33.1 Å². The molecule has 0 aromatic heterocycles. The van der Waals surface area contributed by atoms with Crippen LogP contribution in [0.5, 0.6) is 0 Å². The Labute approximate surface area is 128 Å². The van der Waals surface area contributed by atoms with E-state index in [1.807, 2.05) is 36.4 Å². The Balaban J connectivity index is 2.58. The van der Waals surface area contributed by atoms with Gasteiger partial charge in [0.05, 0.1) is 0 Å². The summed E-state index contributed by atoms with van der Waals surface area (Å²) in [6.45, 7) is 3.90. The van der Waals surface area contributed by atoms with Crippen molar-refractivity contribution in [3.05, 3.63) is 54.1 Å². The minimum atomic E-state index is -1.81. The number of allylic oxidation sites excluding steroid dienone is 1. The summed E-state index contributed by atoms with van der Waals surface area (Å²) in [5.41, 5.74) is 2.25. The molecule has 0 atom stereocenters. The van der Waals surface area contributed by atoms with E-state index >= 15 is 0 Å². The van der Waals surface area contributed by atoms with Crippen molar-refractivity contribution in [2.24, 2.45) is 0 Å². The van der Waals surface area contributed by atoms with Crippen LogP contribution in [-0.4, -0.2) is 16.3 Å². The van der Waals surface area contributed by atoms with E-state index in [-0.39, 0.29) is 12.5 Å². The third kappa shape index (κ3) is 5.68. The molecule has 0 saturated heterocycles. The van der Waals surface area contributed by atoms with E-state index in [4.69, 9.17) is 44.9 Å². The summed E-state index contributed by atoms with van der Waals surface area (Å²) in [5.74, 6) is -0.387. The number of alkyl halides is 3. The average molecular weight is 319 g/mol. The fourth-order valence-electron chi connectivity index (χ4n) is 1.43. The zero-order chi connectivity index (χ0) is 14.3. The maximum absolute atomic E-state index is 7.37.